The Bertz CT molecular complexity index is 554. The highest BCUT2D eigenvalue weighted by atomic mass is 16.5. The molecule has 2 bridgehead atoms. The maximum atomic E-state index is 11.2. The van der Waals surface area contributed by atoms with E-state index < -0.39 is 0 Å². The highest BCUT2D eigenvalue weighted by Crippen LogP contribution is 2.47. The van der Waals surface area contributed by atoms with E-state index in [0.717, 1.165) is 18.9 Å². The van der Waals surface area contributed by atoms with Crippen molar-refractivity contribution >= 4 is 5.97 Å². The Morgan fingerprint density at radius 2 is 2.09 bits per heavy atom. The molecule has 0 radical (unpaired) electrons. The Labute approximate surface area is 139 Å². The van der Waals surface area contributed by atoms with Crippen molar-refractivity contribution in [3.05, 3.63) is 48.0 Å². The molecule has 2 aliphatic rings. The molecule has 23 heavy (non-hydrogen) atoms. The van der Waals surface area contributed by atoms with Gasteiger partial charge in [0.15, 0.2) is 0 Å². The van der Waals surface area contributed by atoms with E-state index >= 15 is 0 Å². The lowest BCUT2D eigenvalue weighted by Gasteiger charge is -2.43. The first-order valence-corrected chi connectivity index (χ1v) is 8.72. The summed E-state index contributed by atoms with van der Waals surface area (Å²) in [4.78, 5) is 13.8. The van der Waals surface area contributed by atoms with Gasteiger partial charge in [-0.05, 0) is 56.6 Å². The number of esters is 1. The third-order valence-electron chi connectivity index (χ3n) is 5.78. The van der Waals surface area contributed by atoms with Crippen LogP contribution in [0.15, 0.2) is 42.5 Å². The van der Waals surface area contributed by atoms with Gasteiger partial charge in [-0.25, -0.2) is 4.79 Å². The van der Waals surface area contributed by atoms with Gasteiger partial charge >= 0.3 is 5.97 Å². The van der Waals surface area contributed by atoms with Gasteiger partial charge in [-0.2, -0.15) is 0 Å². The third kappa shape index (κ3) is 3.50. The number of carbonyl (C=O) groups is 1. The molecule has 0 aromatic heterocycles. The average Bonchev–Trinajstić information content (AvgIpc) is 2.83. The molecule has 2 heterocycles. The third-order valence-corrected chi connectivity index (χ3v) is 5.78. The second-order valence-corrected chi connectivity index (χ2v) is 6.88. The topological polar surface area (TPSA) is 29.5 Å². The van der Waals surface area contributed by atoms with Crippen molar-refractivity contribution < 1.29 is 9.53 Å². The zero-order valence-electron chi connectivity index (χ0n) is 14.2. The SMILES string of the molecule is COC(=O)/C=C/CCC1C(c2ccccc2)C[C@@H]2CC[C@H]1N2C. The number of carbonyl (C=O) groups excluding carboxylic acids is 1. The van der Waals surface area contributed by atoms with E-state index in [0.29, 0.717) is 17.9 Å². The van der Waals surface area contributed by atoms with Gasteiger partial charge in [-0.3, -0.25) is 0 Å². The zero-order valence-corrected chi connectivity index (χ0v) is 14.2. The number of piperidine rings is 1. The van der Waals surface area contributed by atoms with Crippen molar-refractivity contribution in [1.82, 2.24) is 4.90 Å². The standard InChI is InChI=1S/C20H27NO2/c1-21-16-12-13-19(21)17(10-6-7-11-20(22)23-2)18(14-16)15-8-4-3-5-9-15/h3-5,7-9,11,16-19H,6,10,12-14H2,1-2H3/b11-7+/t16-,17?,18?,19+/m0/s1. The summed E-state index contributed by atoms with van der Waals surface area (Å²) in [5, 5.41) is 0. The number of methoxy groups -OCH3 is 1. The quantitative estimate of drug-likeness (QED) is 0.612. The molecule has 0 N–H and O–H groups in total. The molecule has 2 fully saturated rings. The Morgan fingerprint density at radius 1 is 1.30 bits per heavy atom. The van der Waals surface area contributed by atoms with Gasteiger partial charge in [0, 0.05) is 18.2 Å². The van der Waals surface area contributed by atoms with Crippen molar-refractivity contribution in [2.24, 2.45) is 5.92 Å². The molecular weight excluding hydrogens is 286 g/mol. The Morgan fingerprint density at radius 3 is 2.83 bits per heavy atom. The number of fused-ring (bicyclic) bond motifs is 2. The first-order valence-electron chi connectivity index (χ1n) is 8.72. The van der Waals surface area contributed by atoms with Crippen LogP contribution in [0, 0.1) is 5.92 Å². The molecule has 2 unspecified atom stereocenters. The largest absolute Gasteiger partial charge is 0.466 e. The van der Waals surface area contributed by atoms with E-state index in [-0.39, 0.29) is 5.97 Å². The van der Waals surface area contributed by atoms with Crippen molar-refractivity contribution in [2.75, 3.05) is 14.2 Å². The van der Waals surface area contributed by atoms with Crippen LogP contribution in [-0.2, 0) is 9.53 Å². The van der Waals surface area contributed by atoms with Gasteiger partial charge in [0.2, 0.25) is 0 Å². The molecule has 2 saturated heterocycles. The average molecular weight is 313 g/mol. The fourth-order valence-corrected chi connectivity index (χ4v) is 4.59. The summed E-state index contributed by atoms with van der Waals surface area (Å²) in [5.74, 6) is 1.06. The smallest absolute Gasteiger partial charge is 0.330 e. The van der Waals surface area contributed by atoms with E-state index in [9.17, 15) is 4.79 Å². The van der Waals surface area contributed by atoms with Gasteiger partial charge in [0.05, 0.1) is 7.11 Å². The van der Waals surface area contributed by atoms with E-state index in [4.69, 9.17) is 0 Å². The summed E-state index contributed by atoms with van der Waals surface area (Å²) in [5.41, 5.74) is 1.49. The summed E-state index contributed by atoms with van der Waals surface area (Å²) in [6.45, 7) is 0. The van der Waals surface area contributed by atoms with Gasteiger partial charge in [0.25, 0.3) is 0 Å². The van der Waals surface area contributed by atoms with E-state index in [2.05, 4.69) is 47.0 Å². The van der Waals surface area contributed by atoms with Gasteiger partial charge in [-0.15, -0.1) is 0 Å². The highest BCUT2D eigenvalue weighted by molar-refractivity contribution is 5.81. The lowest BCUT2D eigenvalue weighted by atomic mass is 9.74. The highest BCUT2D eigenvalue weighted by Gasteiger charge is 2.45. The number of benzene rings is 1. The Hall–Kier alpha value is -1.61. The van der Waals surface area contributed by atoms with E-state index in [1.807, 2.05) is 6.08 Å². The summed E-state index contributed by atoms with van der Waals surface area (Å²) in [6, 6.07) is 12.4. The molecule has 0 spiro atoms. The number of nitrogens with zero attached hydrogens (tertiary/aromatic N) is 1. The molecule has 3 heteroatoms. The molecule has 124 valence electrons. The Balaban J connectivity index is 1.72. The fraction of sp³-hybridized carbons (Fsp3) is 0.550. The van der Waals surface area contributed by atoms with Crippen molar-refractivity contribution in [3.63, 3.8) is 0 Å². The molecule has 3 nitrogen and oxygen atoms in total. The zero-order chi connectivity index (χ0) is 16.2. The lowest BCUT2D eigenvalue weighted by Crippen LogP contribution is -2.45. The van der Waals surface area contributed by atoms with Crippen LogP contribution in [0.4, 0.5) is 0 Å². The number of ether oxygens (including phenoxy) is 1. The summed E-state index contributed by atoms with van der Waals surface area (Å²) in [6.07, 6.45) is 9.51. The molecule has 4 atom stereocenters. The van der Waals surface area contributed by atoms with Crippen LogP contribution < -0.4 is 0 Å². The van der Waals surface area contributed by atoms with Crippen molar-refractivity contribution in [2.45, 2.75) is 50.1 Å². The molecule has 0 saturated carbocycles. The van der Waals surface area contributed by atoms with E-state index in [1.54, 1.807) is 6.08 Å². The number of allylic oxidation sites excluding steroid dienone is 1. The fourth-order valence-electron chi connectivity index (χ4n) is 4.59. The molecule has 1 aromatic rings. The van der Waals surface area contributed by atoms with Crippen LogP contribution in [0.3, 0.4) is 0 Å². The number of rotatable bonds is 5. The van der Waals surface area contributed by atoms with Crippen LogP contribution in [0.25, 0.3) is 0 Å². The molecule has 3 rings (SSSR count). The first-order chi connectivity index (χ1) is 11.2. The molecular formula is C20H27NO2. The van der Waals surface area contributed by atoms with Crippen LogP contribution in [0.1, 0.15) is 43.6 Å². The Kier molecular flexibility index (Phi) is 5.16. The molecule has 0 amide bonds. The number of hydrogen-bond acceptors (Lipinski definition) is 3. The minimum atomic E-state index is -0.258. The molecule has 2 aliphatic heterocycles. The normalized spacial score (nSPS) is 30.7. The van der Waals surface area contributed by atoms with Crippen molar-refractivity contribution in [1.29, 1.82) is 0 Å². The molecule has 0 aliphatic carbocycles. The lowest BCUT2D eigenvalue weighted by molar-refractivity contribution is -0.134. The summed E-state index contributed by atoms with van der Waals surface area (Å²) >= 11 is 0. The van der Waals surface area contributed by atoms with Gasteiger partial charge in [-0.1, -0.05) is 36.4 Å². The van der Waals surface area contributed by atoms with Crippen molar-refractivity contribution in [3.8, 4) is 0 Å². The second kappa shape index (κ2) is 7.31. The summed E-state index contributed by atoms with van der Waals surface area (Å²) < 4.78 is 4.66. The van der Waals surface area contributed by atoms with E-state index in [1.165, 1.54) is 31.9 Å². The second-order valence-electron chi connectivity index (χ2n) is 6.88. The maximum Gasteiger partial charge on any atom is 0.330 e. The molecule has 1 aromatic carbocycles. The predicted molar refractivity (Wildman–Crippen MR) is 92.3 cm³/mol. The van der Waals surface area contributed by atoms with Crippen LogP contribution >= 0.6 is 0 Å². The van der Waals surface area contributed by atoms with Crippen LogP contribution in [0.5, 0.6) is 0 Å². The monoisotopic (exact) mass is 313 g/mol. The number of hydrogen-bond donors (Lipinski definition) is 0. The maximum absolute atomic E-state index is 11.2. The van der Waals surface area contributed by atoms with Gasteiger partial charge in [0.1, 0.15) is 0 Å². The van der Waals surface area contributed by atoms with Gasteiger partial charge < -0.3 is 9.64 Å². The summed E-state index contributed by atoms with van der Waals surface area (Å²) in [7, 11) is 3.72. The van der Waals surface area contributed by atoms with Crippen LogP contribution in [0.2, 0.25) is 0 Å². The first kappa shape index (κ1) is 16.3. The minimum Gasteiger partial charge on any atom is -0.466 e. The predicted octanol–water partition coefficient (Wildman–Crippen LogP) is 3.76. The van der Waals surface area contributed by atoms with Crippen LogP contribution in [-0.4, -0.2) is 37.1 Å². The minimum absolute atomic E-state index is 0.258.